The van der Waals surface area contributed by atoms with Gasteiger partial charge in [0.1, 0.15) is 18.0 Å². The molecule has 5 rings (SSSR count). The van der Waals surface area contributed by atoms with Gasteiger partial charge in [-0.3, -0.25) is 14.4 Å². The van der Waals surface area contributed by atoms with Gasteiger partial charge in [-0.25, -0.2) is 0 Å². The number of piperidine rings is 1. The van der Waals surface area contributed by atoms with Crippen LogP contribution in [0.5, 0.6) is 11.5 Å². The summed E-state index contributed by atoms with van der Waals surface area (Å²) in [4.78, 5) is 39.1. The van der Waals surface area contributed by atoms with Gasteiger partial charge < -0.3 is 24.2 Å². The molecule has 0 amide bonds. The lowest BCUT2D eigenvalue weighted by Gasteiger charge is -2.58. The van der Waals surface area contributed by atoms with E-state index >= 15 is 0 Å². The minimum atomic E-state index is -0.950. The molecule has 2 aliphatic heterocycles. The van der Waals surface area contributed by atoms with Gasteiger partial charge in [-0.15, -0.1) is 0 Å². The Morgan fingerprint density at radius 3 is 2.70 bits per heavy atom. The van der Waals surface area contributed by atoms with Gasteiger partial charge in [0, 0.05) is 36.3 Å². The fourth-order valence-corrected chi connectivity index (χ4v) is 7.57. The number of likely N-dealkylation sites (tertiary alicyclic amines) is 1. The quantitative estimate of drug-likeness (QED) is 0.472. The number of benzene rings is 1. The minimum Gasteiger partial charge on any atom is -0.493 e. The molecule has 1 saturated carbocycles. The standard InChI is InChI=1S/C29H39NO7/c1-16(2)19(28(33)34)15-18(31)6-5-7-24(32)36-23-11-9-20-21-14-17-8-10-22(35-4)26-25(17)29(20,27(23)37-26)12-13-30(21)3/h8,10,16,19-21,23,27H,5-7,9,11-15H2,1-4H3,(H,33,34)/t19?,20?,21-,23+,27+,29+/m1/s1. The zero-order valence-electron chi connectivity index (χ0n) is 22.3. The summed E-state index contributed by atoms with van der Waals surface area (Å²) in [6.07, 6.45) is 3.81. The number of carboxylic acids is 1. The van der Waals surface area contributed by atoms with Gasteiger partial charge in [-0.1, -0.05) is 19.9 Å². The van der Waals surface area contributed by atoms with Crippen molar-refractivity contribution < 1.29 is 33.7 Å². The Labute approximate surface area is 218 Å². The summed E-state index contributed by atoms with van der Waals surface area (Å²) in [6.45, 7) is 4.59. The van der Waals surface area contributed by atoms with E-state index in [2.05, 4.69) is 18.0 Å². The Hall–Kier alpha value is -2.61. The lowest BCUT2D eigenvalue weighted by molar-refractivity contribution is -0.166. The predicted octanol–water partition coefficient (Wildman–Crippen LogP) is 3.76. The molecule has 2 unspecified atom stereocenters. The first-order chi connectivity index (χ1) is 17.7. The van der Waals surface area contributed by atoms with Gasteiger partial charge in [-0.2, -0.15) is 0 Å². The lowest BCUT2D eigenvalue weighted by Crippen LogP contribution is -2.66. The number of hydrogen-bond donors (Lipinski definition) is 1. The number of nitrogens with zero attached hydrogens (tertiary/aromatic N) is 1. The van der Waals surface area contributed by atoms with Crippen molar-refractivity contribution in [3.8, 4) is 11.5 Å². The van der Waals surface area contributed by atoms with Gasteiger partial charge in [0.05, 0.1) is 13.0 Å². The Kier molecular flexibility index (Phi) is 6.98. The summed E-state index contributed by atoms with van der Waals surface area (Å²) < 4.78 is 18.4. The van der Waals surface area contributed by atoms with Crippen molar-refractivity contribution in [1.29, 1.82) is 0 Å². The summed E-state index contributed by atoms with van der Waals surface area (Å²) in [5.41, 5.74) is 2.42. The molecule has 8 heteroatoms. The molecule has 0 radical (unpaired) electrons. The normalized spacial score (nSPS) is 30.3. The molecular weight excluding hydrogens is 474 g/mol. The average Bonchev–Trinajstić information content (AvgIpc) is 3.20. The monoisotopic (exact) mass is 513 g/mol. The minimum absolute atomic E-state index is 0.00251. The zero-order valence-corrected chi connectivity index (χ0v) is 22.3. The summed E-state index contributed by atoms with van der Waals surface area (Å²) in [7, 11) is 3.88. The molecule has 2 aliphatic carbocycles. The maximum Gasteiger partial charge on any atom is 0.307 e. The number of Topliss-reactive ketones (excluding diaryl/α,β-unsaturated/α-hetero) is 1. The third-order valence-electron chi connectivity index (χ3n) is 9.43. The van der Waals surface area contributed by atoms with E-state index in [0.29, 0.717) is 18.4 Å². The predicted molar refractivity (Wildman–Crippen MR) is 136 cm³/mol. The molecular formula is C29H39NO7. The van der Waals surface area contributed by atoms with E-state index in [-0.39, 0.29) is 54.6 Å². The maximum atomic E-state index is 12.9. The third-order valence-corrected chi connectivity index (χ3v) is 9.43. The Morgan fingerprint density at radius 1 is 1.22 bits per heavy atom. The zero-order chi connectivity index (χ0) is 26.5. The van der Waals surface area contributed by atoms with Crippen LogP contribution in [0.2, 0.25) is 0 Å². The molecule has 4 aliphatic rings. The van der Waals surface area contributed by atoms with E-state index in [1.54, 1.807) is 21.0 Å². The molecule has 1 aromatic rings. The van der Waals surface area contributed by atoms with Gasteiger partial charge in [0.2, 0.25) is 0 Å². The van der Waals surface area contributed by atoms with E-state index in [1.165, 1.54) is 11.1 Å². The Morgan fingerprint density at radius 2 is 2.00 bits per heavy atom. The number of methoxy groups -OCH3 is 1. The highest BCUT2D eigenvalue weighted by Gasteiger charge is 2.66. The molecule has 2 bridgehead atoms. The van der Waals surface area contributed by atoms with E-state index in [4.69, 9.17) is 14.2 Å². The molecule has 202 valence electrons. The van der Waals surface area contributed by atoms with E-state index in [0.717, 1.165) is 43.7 Å². The SMILES string of the molecule is COc1ccc2c3c1O[C@H]1[C@@H](OC(=O)CCCC(=O)CC(C(=O)O)C(C)C)CCC4[C@@H](C2)N(C)CC[C@@]341. The van der Waals surface area contributed by atoms with Crippen LogP contribution in [0.25, 0.3) is 0 Å². The van der Waals surface area contributed by atoms with Gasteiger partial charge >= 0.3 is 11.9 Å². The molecule has 1 N–H and O–H groups in total. The first-order valence-electron chi connectivity index (χ1n) is 13.7. The Bertz CT molecular complexity index is 1080. The molecule has 8 nitrogen and oxygen atoms in total. The van der Waals surface area contributed by atoms with E-state index in [9.17, 15) is 19.5 Å². The first kappa shape index (κ1) is 26.0. The fourth-order valence-electron chi connectivity index (χ4n) is 7.57. The van der Waals surface area contributed by atoms with Gasteiger partial charge in [0.25, 0.3) is 0 Å². The van der Waals surface area contributed by atoms with Gasteiger partial charge in [0.15, 0.2) is 11.5 Å². The highest BCUT2D eigenvalue weighted by atomic mass is 16.6. The number of carbonyl (C=O) groups is 3. The topological polar surface area (TPSA) is 102 Å². The lowest BCUT2D eigenvalue weighted by atomic mass is 9.51. The molecule has 1 saturated heterocycles. The summed E-state index contributed by atoms with van der Waals surface area (Å²) in [5, 5.41) is 9.33. The van der Waals surface area contributed by atoms with E-state index < -0.39 is 11.9 Å². The number of carboxylic acid groups (broad SMARTS) is 1. The number of carbonyl (C=O) groups excluding carboxylic acids is 2. The van der Waals surface area contributed by atoms with Crippen molar-refractivity contribution >= 4 is 17.7 Å². The summed E-state index contributed by atoms with van der Waals surface area (Å²) in [6, 6.07) is 4.62. The van der Waals surface area contributed by atoms with Crippen LogP contribution in [0.15, 0.2) is 12.1 Å². The number of aliphatic carboxylic acids is 1. The van der Waals surface area contributed by atoms with Crippen molar-refractivity contribution in [1.82, 2.24) is 4.90 Å². The van der Waals surface area contributed by atoms with Crippen molar-refractivity contribution in [2.75, 3.05) is 20.7 Å². The second-order valence-corrected chi connectivity index (χ2v) is 11.7. The molecule has 2 fully saturated rings. The van der Waals surface area contributed by atoms with Crippen molar-refractivity contribution in [3.05, 3.63) is 23.3 Å². The Balaban J connectivity index is 1.27. The van der Waals surface area contributed by atoms with E-state index in [1.807, 2.05) is 6.07 Å². The molecule has 0 aromatic heterocycles. The molecule has 1 aromatic carbocycles. The van der Waals surface area contributed by atoms with Crippen molar-refractivity contribution in [2.24, 2.45) is 17.8 Å². The maximum absolute atomic E-state index is 12.9. The highest BCUT2D eigenvalue weighted by Crippen LogP contribution is 2.64. The second-order valence-electron chi connectivity index (χ2n) is 11.7. The van der Waals surface area contributed by atoms with Crippen LogP contribution < -0.4 is 9.47 Å². The molecule has 37 heavy (non-hydrogen) atoms. The van der Waals surface area contributed by atoms with Crippen LogP contribution in [-0.2, 0) is 31.0 Å². The smallest absolute Gasteiger partial charge is 0.307 e. The van der Waals surface area contributed by atoms with Crippen LogP contribution in [0, 0.1) is 17.8 Å². The van der Waals surface area contributed by atoms with Crippen LogP contribution in [0.1, 0.15) is 69.9 Å². The highest BCUT2D eigenvalue weighted by molar-refractivity contribution is 5.84. The van der Waals surface area contributed by atoms with Crippen LogP contribution in [0.3, 0.4) is 0 Å². The van der Waals surface area contributed by atoms with Gasteiger partial charge in [-0.05, 0) is 69.2 Å². The number of hydrogen-bond acceptors (Lipinski definition) is 7. The molecule has 1 spiro atoms. The number of rotatable bonds is 10. The number of ketones is 1. The summed E-state index contributed by atoms with van der Waals surface area (Å²) >= 11 is 0. The number of esters is 1. The van der Waals surface area contributed by atoms with Crippen molar-refractivity contribution in [3.63, 3.8) is 0 Å². The van der Waals surface area contributed by atoms with Crippen LogP contribution >= 0.6 is 0 Å². The number of likely N-dealkylation sites (N-methyl/N-ethyl adjacent to an activating group) is 1. The van der Waals surface area contributed by atoms with Crippen molar-refractivity contribution in [2.45, 2.75) is 88.9 Å². The second kappa shape index (κ2) is 9.93. The fraction of sp³-hybridized carbons (Fsp3) is 0.690. The van der Waals surface area contributed by atoms with Crippen LogP contribution in [-0.4, -0.2) is 66.7 Å². The molecule has 2 heterocycles. The summed E-state index contributed by atoms with van der Waals surface area (Å²) in [5.74, 6) is -0.185. The average molecular weight is 514 g/mol. The first-order valence-corrected chi connectivity index (χ1v) is 13.7. The number of ether oxygens (including phenoxy) is 3. The third kappa shape index (κ3) is 4.31. The largest absolute Gasteiger partial charge is 0.493 e. The van der Waals surface area contributed by atoms with Crippen LogP contribution in [0.4, 0.5) is 0 Å². The molecule has 6 atom stereocenters.